The molecule has 1 aliphatic rings. The number of halogens is 1. The number of nitrogens with zero attached hydrogens (tertiary/aromatic N) is 5. The van der Waals surface area contributed by atoms with Gasteiger partial charge in [0, 0.05) is 11.4 Å². The Labute approximate surface area is 173 Å². The van der Waals surface area contributed by atoms with Crippen LogP contribution in [0.25, 0.3) is 5.69 Å². The molecule has 142 valence electrons. The lowest BCUT2D eigenvalue weighted by Crippen LogP contribution is -2.31. The third-order valence-corrected chi connectivity index (χ3v) is 5.24. The van der Waals surface area contributed by atoms with E-state index in [1.807, 2.05) is 60.1 Å². The van der Waals surface area contributed by atoms with Gasteiger partial charge in [-0.15, -0.1) is 5.10 Å². The first-order chi connectivity index (χ1) is 13.4. The molecule has 1 atom stereocenters. The third kappa shape index (κ3) is 3.39. The van der Waals surface area contributed by atoms with Crippen molar-refractivity contribution in [2.24, 2.45) is 10.8 Å². The molecule has 2 N–H and O–H groups in total. The lowest BCUT2D eigenvalue weighted by molar-refractivity contribution is 0.373. The van der Waals surface area contributed by atoms with Gasteiger partial charge in [-0.05, 0) is 55.9 Å². The van der Waals surface area contributed by atoms with Crippen LogP contribution >= 0.6 is 23.8 Å². The van der Waals surface area contributed by atoms with E-state index < -0.39 is 0 Å². The highest BCUT2D eigenvalue weighted by atomic mass is 35.5. The van der Waals surface area contributed by atoms with E-state index in [4.69, 9.17) is 29.6 Å². The van der Waals surface area contributed by atoms with Crippen LogP contribution in [0.4, 0.5) is 0 Å². The number of thiocarbonyl (C=S) groups is 1. The first-order valence-electron chi connectivity index (χ1n) is 8.85. The second-order valence-corrected chi connectivity index (χ2v) is 7.63. The standard InChI is InChI=1S/C20H19ClN6S/c1-12-6-8-16(9-7-12)26-13(2)19(23-25-26)17-11-18(27(24-17)20(22)28)14-4-3-5-15(21)10-14/h3-10,18H,11H2,1-2H3,(H2,22,28)/t18-/m1/s1. The fourth-order valence-electron chi connectivity index (χ4n) is 3.36. The van der Waals surface area contributed by atoms with Gasteiger partial charge >= 0.3 is 0 Å². The summed E-state index contributed by atoms with van der Waals surface area (Å²) in [6.07, 6.45) is 0.616. The molecule has 0 spiro atoms. The Bertz CT molecular complexity index is 1070. The number of benzene rings is 2. The van der Waals surface area contributed by atoms with Crippen molar-refractivity contribution < 1.29 is 0 Å². The third-order valence-electron chi connectivity index (χ3n) is 4.82. The molecule has 3 aromatic rings. The molecule has 28 heavy (non-hydrogen) atoms. The van der Waals surface area contributed by atoms with Crippen molar-refractivity contribution in [3.8, 4) is 5.69 Å². The molecule has 0 aliphatic carbocycles. The Morgan fingerprint density at radius 1 is 1.18 bits per heavy atom. The normalized spacial score (nSPS) is 16.3. The smallest absolute Gasteiger partial charge is 0.187 e. The summed E-state index contributed by atoms with van der Waals surface area (Å²) < 4.78 is 1.81. The van der Waals surface area contributed by atoms with Crippen LogP contribution < -0.4 is 5.73 Å². The molecule has 0 unspecified atom stereocenters. The van der Waals surface area contributed by atoms with Gasteiger partial charge in [-0.3, -0.25) is 0 Å². The van der Waals surface area contributed by atoms with Gasteiger partial charge in [0.05, 0.1) is 23.1 Å². The molecule has 0 saturated heterocycles. The molecule has 8 heteroatoms. The van der Waals surface area contributed by atoms with E-state index in [0.717, 1.165) is 28.4 Å². The summed E-state index contributed by atoms with van der Waals surface area (Å²) in [4.78, 5) is 0. The number of nitrogens with two attached hydrogens (primary N) is 1. The van der Waals surface area contributed by atoms with E-state index in [1.54, 1.807) is 5.01 Å². The first-order valence-corrected chi connectivity index (χ1v) is 9.64. The number of hydrogen-bond acceptors (Lipinski definition) is 4. The maximum atomic E-state index is 6.17. The zero-order valence-corrected chi connectivity index (χ0v) is 17.1. The predicted octanol–water partition coefficient (Wildman–Crippen LogP) is 3.93. The van der Waals surface area contributed by atoms with E-state index in [0.29, 0.717) is 11.4 Å². The quantitative estimate of drug-likeness (QED) is 0.662. The van der Waals surface area contributed by atoms with Crippen molar-refractivity contribution >= 4 is 34.6 Å². The second kappa shape index (κ2) is 7.33. The van der Waals surface area contributed by atoms with Gasteiger partial charge in [0.2, 0.25) is 0 Å². The maximum Gasteiger partial charge on any atom is 0.187 e. The predicted molar refractivity (Wildman–Crippen MR) is 115 cm³/mol. The van der Waals surface area contributed by atoms with Crippen molar-refractivity contribution in [2.45, 2.75) is 26.3 Å². The van der Waals surface area contributed by atoms with E-state index in [9.17, 15) is 0 Å². The van der Waals surface area contributed by atoms with Gasteiger partial charge < -0.3 is 5.73 Å². The molecule has 2 aromatic carbocycles. The lowest BCUT2D eigenvalue weighted by Gasteiger charge is -2.21. The highest BCUT2D eigenvalue weighted by Crippen LogP contribution is 2.33. The molecule has 0 bridgehead atoms. The highest BCUT2D eigenvalue weighted by Gasteiger charge is 2.32. The van der Waals surface area contributed by atoms with Crippen molar-refractivity contribution in [1.29, 1.82) is 0 Å². The van der Waals surface area contributed by atoms with Gasteiger partial charge in [0.1, 0.15) is 5.69 Å². The van der Waals surface area contributed by atoms with Gasteiger partial charge in [0.25, 0.3) is 0 Å². The number of aromatic nitrogens is 3. The Hall–Kier alpha value is -2.77. The van der Waals surface area contributed by atoms with E-state index >= 15 is 0 Å². The Morgan fingerprint density at radius 3 is 2.61 bits per heavy atom. The number of hydrogen-bond donors (Lipinski definition) is 1. The van der Waals surface area contributed by atoms with Gasteiger partial charge in [-0.2, -0.15) is 5.10 Å². The molecule has 0 saturated carbocycles. The molecule has 6 nitrogen and oxygen atoms in total. The molecule has 0 fully saturated rings. The van der Waals surface area contributed by atoms with Crippen molar-refractivity contribution in [1.82, 2.24) is 20.0 Å². The molecule has 0 amide bonds. The molecule has 4 rings (SSSR count). The molecule has 1 aliphatic heterocycles. The molecular weight excluding hydrogens is 392 g/mol. The second-order valence-electron chi connectivity index (χ2n) is 6.78. The maximum absolute atomic E-state index is 6.17. The van der Waals surface area contributed by atoms with Crippen LogP contribution in [0.5, 0.6) is 0 Å². The number of aryl methyl sites for hydroxylation is 1. The van der Waals surface area contributed by atoms with Crippen LogP contribution in [0, 0.1) is 13.8 Å². The van der Waals surface area contributed by atoms with Gasteiger partial charge in [-0.25, -0.2) is 9.69 Å². The van der Waals surface area contributed by atoms with Crippen molar-refractivity contribution in [3.63, 3.8) is 0 Å². The van der Waals surface area contributed by atoms with Crippen molar-refractivity contribution in [2.75, 3.05) is 0 Å². The highest BCUT2D eigenvalue weighted by molar-refractivity contribution is 7.80. The van der Waals surface area contributed by atoms with Crippen LogP contribution in [-0.4, -0.2) is 30.8 Å². The molecule has 0 radical (unpaired) electrons. The lowest BCUT2D eigenvalue weighted by atomic mass is 10.0. The fraction of sp³-hybridized carbons (Fsp3) is 0.200. The minimum Gasteiger partial charge on any atom is -0.375 e. The summed E-state index contributed by atoms with van der Waals surface area (Å²) in [6.45, 7) is 4.03. The monoisotopic (exact) mass is 410 g/mol. The first kappa shape index (κ1) is 18.6. The molecule has 2 heterocycles. The minimum absolute atomic E-state index is 0.116. The number of hydrazone groups is 1. The summed E-state index contributed by atoms with van der Waals surface area (Å²) >= 11 is 11.4. The summed E-state index contributed by atoms with van der Waals surface area (Å²) in [6, 6.07) is 15.7. The Kier molecular flexibility index (Phi) is 4.87. The topological polar surface area (TPSA) is 72.3 Å². The largest absolute Gasteiger partial charge is 0.375 e. The van der Waals surface area contributed by atoms with Gasteiger partial charge in [-0.1, -0.05) is 46.6 Å². The van der Waals surface area contributed by atoms with Crippen LogP contribution in [0.15, 0.2) is 53.6 Å². The Balaban J connectivity index is 1.69. The zero-order valence-electron chi connectivity index (χ0n) is 15.5. The van der Waals surface area contributed by atoms with E-state index in [1.165, 1.54) is 5.56 Å². The molecular formula is C20H19ClN6S. The summed E-state index contributed by atoms with van der Waals surface area (Å²) in [5.74, 6) is 0. The van der Waals surface area contributed by atoms with Crippen LogP contribution in [0.2, 0.25) is 5.02 Å². The van der Waals surface area contributed by atoms with Crippen LogP contribution in [0.1, 0.15) is 35.0 Å². The molecule has 1 aromatic heterocycles. The summed E-state index contributed by atoms with van der Waals surface area (Å²) in [7, 11) is 0. The van der Waals surface area contributed by atoms with Crippen LogP contribution in [0.3, 0.4) is 0 Å². The summed E-state index contributed by atoms with van der Waals surface area (Å²) in [5.41, 5.74) is 11.5. The summed E-state index contributed by atoms with van der Waals surface area (Å²) in [5, 5.41) is 15.9. The minimum atomic E-state index is -0.116. The average molecular weight is 411 g/mol. The number of rotatable bonds is 3. The Morgan fingerprint density at radius 2 is 1.93 bits per heavy atom. The van der Waals surface area contributed by atoms with Gasteiger partial charge in [0.15, 0.2) is 5.11 Å². The van der Waals surface area contributed by atoms with Crippen molar-refractivity contribution in [3.05, 3.63) is 76.1 Å². The zero-order chi connectivity index (χ0) is 19.8. The van der Waals surface area contributed by atoms with Crippen LogP contribution in [-0.2, 0) is 0 Å². The fourth-order valence-corrected chi connectivity index (χ4v) is 3.72. The van der Waals surface area contributed by atoms with E-state index in [2.05, 4.69) is 22.3 Å². The van der Waals surface area contributed by atoms with E-state index in [-0.39, 0.29) is 11.2 Å². The average Bonchev–Trinajstić information content (AvgIpc) is 3.26. The SMILES string of the molecule is Cc1ccc(-n2nnc(C3=NN(C(N)=S)[C@@H](c4cccc(Cl)c4)C3)c2C)cc1.